The van der Waals surface area contributed by atoms with Crippen LogP contribution in [0.4, 0.5) is 17.1 Å². The zero-order valence-corrected chi connectivity index (χ0v) is 37.0. The predicted octanol–water partition coefficient (Wildman–Crippen LogP) is 15.3. The summed E-state index contributed by atoms with van der Waals surface area (Å²) >= 11 is 2.03. The van der Waals surface area contributed by atoms with E-state index in [0.29, 0.717) is 5.41 Å². The monoisotopic (exact) mass is 779 g/mol. The molecule has 1 nitrogen and oxygen atoms in total. The maximum atomic E-state index is 2.58. The molecule has 12 rings (SSSR count). The van der Waals surface area contributed by atoms with Crippen molar-refractivity contribution in [3.63, 3.8) is 0 Å². The summed E-state index contributed by atoms with van der Waals surface area (Å²) in [7, 11) is 0. The van der Waals surface area contributed by atoms with Crippen molar-refractivity contribution in [2.45, 2.75) is 144 Å². The maximum Gasteiger partial charge on any atom is 0.0464 e. The first kappa shape index (κ1) is 36.1. The smallest absolute Gasteiger partial charge is 0.0464 e. The van der Waals surface area contributed by atoms with Crippen LogP contribution in [0.3, 0.4) is 0 Å². The Balaban J connectivity index is 0.953. The van der Waals surface area contributed by atoms with E-state index in [2.05, 4.69) is 163 Å². The van der Waals surface area contributed by atoms with Gasteiger partial charge in [-0.15, -0.1) is 0 Å². The molecule has 6 atom stereocenters. The Bertz CT molecular complexity index is 2470. The Morgan fingerprint density at radius 2 is 0.983 bits per heavy atom. The molecule has 0 radical (unpaired) electrons. The molecular weight excluding hydrogens is 719 g/mol. The van der Waals surface area contributed by atoms with Gasteiger partial charge in [0.15, 0.2) is 0 Å². The van der Waals surface area contributed by atoms with E-state index in [1.807, 2.05) is 11.8 Å². The van der Waals surface area contributed by atoms with Gasteiger partial charge in [-0.1, -0.05) is 122 Å². The maximum absolute atomic E-state index is 2.58. The Morgan fingerprint density at radius 3 is 1.60 bits per heavy atom. The molecule has 4 saturated carbocycles. The van der Waals surface area contributed by atoms with Gasteiger partial charge in [-0.05, 0) is 195 Å². The Kier molecular flexibility index (Phi) is 7.19. The number of rotatable bonds is 4. The molecule has 58 heavy (non-hydrogen) atoms. The van der Waals surface area contributed by atoms with Crippen LogP contribution in [0.25, 0.3) is 11.1 Å². The molecule has 5 aromatic rings. The lowest BCUT2D eigenvalue weighted by Crippen LogP contribution is -2.74. The number of anilines is 3. The molecule has 5 aromatic carbocycles. The SMILES string of the molecule is CC1(C)CCC(C)(C)c2cc(N(c3ccc(-c4ccc5c(c4)Sc4ccccc4C54C5CC6CC7CC4C75C6)cc3)c3ccc4c(c3)C(C)(C)CCC4(C)C)ccc21. The molecule has 0 amide bonds. The third-order valence-electron chi connectivity index (χ3n) is 18.1. The fraction of sp³-hybridized carbons (Fsp3) is 0.464. The van der Waals surface area contributed by atoms with Gasteiger partial charge >= 0.3 is 0 Å². The fourth-order valence-corrected chi connectivity index (χ4v) is 16.2. The summed E-state index contributed by atoms with van der Waals surface area (Å²) < 4.78 is 0. The van der Waals surface area contributed by atoms with Crippen LogP contribution in [0.15, 0.2) is 113 Å². The van der Waals surface area contributed by atoms with E-state index in [0.717, 1.165) is 23.7 Å². The molecule has 1 heterocycles. The minimum absolute atomic E-state index is 0.138. The lowest BCUT2D eigenvalue weighted by molar-refractivity contribution is -0.235. The number of fused-ring (bicyclic) bond motifs is 9. The minimum atomic E-state index is 0.138. The van der Waals surface area contributed by atoms with Gasteiger partial charge in [-0.2, -0.15) is 0 Å². The van der Waals surface area contributed by atoms with Crippen LogP contribution in [-0.4, -0.2) is 0 Å². The molecule has 0 N–H and O–H groups in total. The molecule has 0 saturated heterocycles. The van der Waals surface area contributed by atoms with Crippen LogP contribution in [0.5, 0.6) is 0 Å². The van der Waals surface area contributed by atoms with Crippen LogP contribution in [0, 0.1) is 29.1 Å². The van der Waals surface area contributed by atoms with Crippen LogP contribution >= 0.6 is 11.8 Å². The highest BCUT2D eigenvalue weighted by atomic mass is 32.2. The normalized spacial score (nSPS) is 31.5. The third-order valence-corrected chi connectivity index (χ3v) is 19.3. The standard InChI is InChI=1S/C56H61NS/c1-51(2)23-25-53(5,6)45-31-39(18-21-41(45)51)57(40-19-22-42-46(32-40)54(7,8)26-24-52(42,3)4)38-16-13-35(14-17-38)36-15-20-44-48(29-36)58-47-12-10-9-11-43(47)56(44)49-28-34-27-37-30-50(56)55(37,49)33-34/h9-22,29,31-32,34,37,49-50H,23-28,30,33H2,1-8H3. The van der Waals surface area contributed by atoms with E-state index in [9.17, 15) is 0 Å². The van der Waals surface area contributed by atoms with Gasteiger partial charge in [0.2, 0.25) is 0 Å². The van der Waals surface area contributed by atoms with Crippen molar-refractivity contribution >= 4 is 28.8 Å². The molecule has 296 valence electrons. The van der Waals surface area contributed by atoms with E-state index in [1.165, 1.54) is 112 Å². The molecule has 2 heteroatoms. The van der Waals surface area contributed by atoms with E-state index in [4.69, 9.17) is 0 Å². The molecular formula is C56H61NS. The van der Waals surface area contributed by atoms with Crippen molar-refractivity contribution in [2.75, 3.05) is 4.90 Å². The Morgan fingerprint density at radius 1 is 0.466 bits per heavy atom. The van der Waals surface area contributed by atoms with Crippen LogP contribution < -0.4 is 4.90 Å². The number of hydrogen-bond donors (Lipinski definition) is 0. The van der Waals surface area contributed by atoms with Crippen molar-refractivity contribution in [1.82, 2.24) is 0 Å². The summed E-state index contributed by atoms with van der Waals surface area (Å²) in [5.74, 6) is 3.65. The van der Waals surface area contributed by atoms with E-state index < -0.39 is 0 Å². The van der Waals surface area contributed by atoms with Crippen molar-refractivity contribution in [1.29, 1.82) is 0 Å². The molecule has 1 aliphatic heterocycles. The lowest BCUT2D eigenvalue weighted by atomic mass is 9.26. The fourth-order valence-electron chi connectivity index (χ4n) is 14.9. The highest BCUT2D eigenvalue weighted by molar-refractivity contribution is 7.99. The zero-order valence-electron chi connectivity index (χ0n) is 36.1. The summed E-state index contributed by atoms with van der Waals surface area (Å²) in [6, 6.07) is 41.5. The van der Waals surface area contributed by atoms with Crippen molar-refractivity contribution < 1.29 is 0 Å². The summed E-state index contributed by atoms with van der Waals surface area (Å²) in [5.41, 5.74) is 17.3. The molecule has 7 aliphatic rings. The number of nitrogens with zero attached hydrogens (tertiary/aromatic N) is 1. The average Bonchev–Trinajstić information content (AvgIpc) is 3.74. The van der Waals surface area contributed by atoms with Crippen molar-refractivity contribution in [3.05, 3.63) is 137 Å². The van der Waals surface area contributed by atoms with Crippen LogP contribution in [0.1, 0.15) is 140 Å². The van der Waals surface area contributed by atoms with Gasteiger partial charge in [0.25, 0.3) is 0 Å². The predicted molar refractivity (Wildman–Crippen MR) is 243 cm³/mol. The summed E-state index contributed by atoms with van der Waals surface area (Å²) in [4.78, 5) is 5.56. The highest BCUT2D eigenvalue weighted by Gasteiger charge is 2.84. The molecule has 2 spiro atoms. The molecule has 0 aromatic heterocycles. The van der Waals surface area contributed by atoms with Gasteiger partial charge in [-0.25, -0.2) is 0 Å². The summed E-state index contributed by atoms with van der Waals surface area (Å²) in [6.45, 7) is 19.6. The number of benzene rings is 5. The van der Waals surface area contributed by atoms with Gasteiger partial charge in [-0.3, -0.25) is 0 Å². The largest absolute Gasteiger partial charge is 0.310 e. The van der Waals surface area contributed by atoms with E-state index in [-0.39, 0.29) is 27.1 Å². The van der Waals surface area contributed by atoms with Gasteiger partial charge in [0.05, 0.1) is 0 Å². The zero-order chi connectivity index (χ0) is 39.8. The second-order valence-corrected chi connectivity index (χ2v) is 23.8. The number of hydrogen-bond acceptors (Lipinski definition) is 2. The lowest BCUT2D eigenvalue weighted by Gasteiger charge is -2.78. The first-order valence-corrected chi connectivity index (χ1v) is 23.6. The molecule has 4 fully saturated rings. The Hall–Kier alpha value is -3.75. The van der Waals surface area contributed by atoms with Gasteiger partial charge in [0.1, 0.15) is 0 Å². The van der Waals surface area contributed by atoms with Gasteiger partial charge in [0, 0.05) is 32.3 Å². The van der Waals surface area contributed by atoms with E-state index >= 15 is 0 Å². The van der Waals surface area contributed by atoms with Crippen LogP contribution in [-0.2, 0) is 27.1 Å². The second-order valence-electron chi connectivity index (χ2n) is 22.7. The van der Waals surface area contributed by atoms with Crippen LogP contribution in [0.2, 0.25) is 0 Å². The average molecular weight is 780 g/mol. The Labute approximate surface area is 352 Å². The van der Waals surface area contributed by atoms with Crippen molar-refractivity contribution in [2.24, 2.45) is 29.1 Å². The third kappa shape index (κ3) is 4.57. The van der Waals surface area contributed by atoms with E-state index in [1.54, 1.807) is 11.1 Å². The summed E-state index contributed by atoms with van der Waals surface area (Å²) in [6.07, 6.45) is 10.8. The molecule has 6 unspecified atom stereocenters. The summed E-state index contributed by atoms with van der Waals surface area (Å²) in [5, 5.41) is 0. The van der Waals surface area contributed by atoms with Gasteiger partial charge < -0.3 is 4.90 Å². The topological polar surface area (TPSA) is 3.24 Å². The first-order chi connectivity index (χ1) is 27.6. The minimum Gasteiger partial charge on any atom is -0.310 e. The highest BCUT2D eigenvalue weighted by Crippen LogP contribution is 2.89. The molecule has 2 bridgehead atoms. The quantitative estimate of drug-likeness (QED) is 0.179. The second kappa shape index (κ2) is 11.5. The first-order valence-electron chi connectivity index (χ1n) is 22.8. The van der Waals surface area contributed by atoms with Crippen molar-refractivity contribution in [3.8, 4) is 11.1 Å². The molecule has 6 aliphatic carbocycles.